The Bertz CT molecular complexity index is 593. The van der Waals surface area contributed by atoms with Crippen molar-refractivity contribution < 1.29 is 14.3 Å². The molecule has 2 aromatic rings. The normalized spacial score (nSPS) is 10.5. The van der Waals surface area contributed by atoms with Crippen LogP contribution < -0.4 is 4.74 Å². The summed E-state index contributed by atoms with van der Waals surface area (Å²) in [5.41, 5.74) is 2.75. The highest BCUT2D eigenvalue weighted by Crippen LogP contribution is 2.15. The van der Waals surface area contributed by atoms with Crippen LogP contribution in [0.1, 0.15) is 49.7 Å². The molecule has 0 bridgehead atoms. The third kappa shape index (κ3) is 8.70. The minimum Gasteiger partial charge on any atom is -0.494 e. The van der Waals surface area contributed by atoms with Gasteiger partial charge in [-0.25, -0.2) is 0 Å². The van der Waals surface area contributed by atoms with Gasteiger partial charge < -0.3 is 9.47 Å². The molecule has 140 valence electrons. The van der Waals surface area contributed by atoms with Crippen LogP contribution in [0.15, 0.2) is 54.6 Å². The summed E-state index contributed by atoms with van der Waals surface area (Å²) in [7, 11) is 0. The molecule has 0 N–H and O–H groups in total. The Morgan fingerprint density at radius 2 is 1.27 bits per heavy atom. The summed E-state index contributed by atoms with van der Waals surface area (Å²) in [5, 5.41) is 0. The van der Waals surface area contributed by atoms with Gasteiger partial charge in [-0.3, -0.25) is 4.79 Å². The quantitative estimate of drug-likeness (QED) is 0.338. The van der Waals surface area contributed by atoms with E-state index in [1.807, 2.05) is 0 Å². The third-order valence-corrected chi connectivity index (χ3v) is 4.44. The van der Waals surface area contributed by atoms with E-state index in [4.69, 9.17) is 4.74 Å². The lowest BCUT2D eigenvalue weighted by Gasteiger charge is -2.08. The summed E-state index contributed by atoms with van der Waals surface area (Å²) in [6.07, 6.45) is 8.83. The van der Waals surface area contributed by atoms with Gasteiger partial charge in [0.25, 0.3) is 6.47 Å². The first-order valence-corrected chi connectivity index (χ1v) is 9.69. The number of ether oxygens (including phenoxy) is 2. The van der Waals surface area contributed by atoms with Gasteiger partial charge in [0, 0.05) is 0 Å². The van der Waals surface area contributed by atoms with Gasteiger partial charge in [0.2, 0.25) is 0 Å². The lowest BCUT2D eigenvalue weighted by molar-refractivity contribution is -0.128. The molecule has 3 nitrogen and oxygen atoms in total. The summed E-state index contributed by atoms with van der Waals surface area (Å²) < 4.78 is 10.5. The molecule has 3 heteroatoms. The molecule has 26 heavy (non-hydrogen) atoms. The summed E-state index contributed by atoms with van der Waals surface area (Å²) in [6.45, 7) is 1.84. The molecule has 2 aromatic carbocycles. The highest BCUT2D eigenvalue weighted by Gasteiger charge is 1.98. The molecule has 0 aliphatic rings. The monoisotopic (exact) mass is 354 g/mol. The van der Waals surface area contributed by atoms with Crippen LogP contribution in [0.25, 0.3) is 0 Å². The Balaban J connectivity index is 1.52. The largest absolute Gasteiger partial charge is 0.494 e. The molecule has 2 rings (SSSR count). The molecule has 0 saturated heterocycles. The maximum absolute atomic E-state index is 10.0. The fraction of sp³-hybridized carbons (Fsp3) is 0.435. The van der Waals surface area contributed by atoms with Crippen LogP contribution in [-0.4, -0.2) is 19.7 Å². The maximum atomic E-state index is 10.0. The van der Waals surface area contributed by atoms with Gasteiger partial charge in [-0.1, -0.05) is 55.3 Å². The molecule has 0 heterocycles. The fourth-order valence-corrected chi connectivity index (χ4v) is 2.93. The van der Waals surface area contributed by atoms with Crippen molar-refractivity contribution in [2.45, 2.75) is 51.4 Å². The van der Waals surface area contributed by atoms with E-state index >= 15 is 0 Å². The number of benzene rings is 2. The first kappa shape index (κ1) is 20.0. The van der Waals surface area contributed by atoms with Crippen LogP contribution in [0.5, 0.6) is 5.75 Å². The summed E-state index contributed by atoms with van der Waals surface area (Å²) >= 11 is 0. The second-order valence-corrected chi connectivity index (χ2v) is 6.57. The summed E-state index contributed by atoms with van der Waals surface area (Å²) in [6, 6.07) is 19.1. The average Bonchev–Trinajstić information content (AvgIpc) is 2.69. The third-order valence-electron chi connectivity index (χ3n) is 4.44. The number of carbonyl (C=O) groups excluding carboxylic acids is 1. The van der Waals surface area contributed by atoms with Crippen LogP contribution in [0.3, 0.4) is 0 Å². The van der Waals surface area contributed by atoms with Gasteiger partial charge >= 0.3 is 0 Å². The van der Waals surface area contributed by atoms with Crippen molar-refractivity contribution in [1.82, 2.24) is 0 Å². The van der Waals surface area contributed by atoms with Crippen LogP contribution in [-0.2, 0) is 22.4 Å². The molecule has 0 aliphatic carbocycles. The smallest absolute Gasteiger partial charge is 0.293 e. The molecule has 0 amide bonds. The van der Waals surface area contributed by atoms with Gasteiger partial charge in [-0.05, 0) is 61.8 Å². The Kier molecular flexibility index (Phi) is 10.0. The Labute approximate surface area is 157 Å². The average molecular weight is 354 g/mol. The zero-order valence-electron chi connectivity index (χ0n) is 15.6. The van der Waals surface area contributed by atoms with Crippen LogP contribution in [0, 0.1) is 0 Å². The van der Waals surface area contributed by atoms with Crippen molar-refractivity contribution >= 4 is 6.47 Å². The van der Waals surface area contributed by atoms with Gasteiger partial charge in [-0.15, -0.1) is 0 Å². The summed E-state index contributed by atoms with van der Waals surface area (Å²) in [5.74, 6) is 0.958. The number of aryl methyl sites for hydroxylation is 2. The van der Waals surface area contributed by atoms with Gasteiger partial charge in [0.1, 0.15) is 5.75 Å². The Morgan fingerprint density at radius 3 is 2.00 bits per heavy atom. The van der Waals surface area contributed by atoms with E-state index in [0.717, 1.165) is 50.9 Å². The van der Waals surface area contributed by atoms with Crippen molar-refractivity contribution in [3.05, 3.63) is 65.7 Å². The lowest BCUT2D eigenvalue weighted by Crippen LogP contribution is -1.98. The van der Waals surface area contributed by atoms with Crippen LogP contribution >= 0.6 is 0 Å². The topological polar surface area (TPSA) is 35.5 Å². The van der Waals surface area contributed by atoms with E-state index in [0.29, 0.717) is 13.1 Å². The molecule has 0 saturated carbocycles. The zero-order chi connectivity index (χ0) is 18.3. The first-order chi connectivity index (χ1) is 12.9. The first-order valence-electron chi connectivity index (χ1n) is 9.69. The fourth-order valence-electron chi connectivity index (χ4n) is 2.93. The molecule has 0 fully saturated rings. The highest BCUT2D eigenvalue weighted by molar-refractivity contribution is 5.36. The predicted octanol–water partition coefficient (Wildman–Crippen LogP) is 5.36. The van der Waals surface area contributed by atoms with Crippen molar-refractivity contribution in [1.29, 1.82) is 0 Å². The zero-order valence-corrected chi connectivity index (χ0v) is 15.6. The Hall–Kier alpha value is -2.29. The molecule has 0 aliphatic heterocycles. The molecular weight excluding hydrogens is 324 g/mol. The maximum Gasteiger partial charge on any atom is 0.293 e. The van der Waals surface area contributed by atoms with E-state index in [9.17, 15) is 4.79 Å². The van der Waals surface area contributed by atoms with Crippen molar-refractivity contribution in [2.24, 2.45) is 0 Å². The van der Waals surface area contributed by atoms with E-state index in [1.165, 1.54) is 24.0 Å². The second kappa shape index (κ2) is 13.0. The standard InChI is InChI=1S/C23H30O3/c24-20-25-18-8-2-1-4-12-22-14-16-23(17-15-22)26-19-9-7-13-21-10-5-3-6-11-21/h3,5-6,10-11,14-17,20H,1-2,4,7-9,12-13,18-19H2. The van der Waals surface area contributed by atoms with E-state index in [2.05, 4.69) is 59.3 Å². The van der Waals surface area contributed by atoms with Crippen LogP contribution in [0.4, 0.5) is 0 Å². The Morgan fingerprint density at radius 1 is 0.654 bits per heavy atom. The SMILES string of the molecule is O=COCCCCCCc1ccc(OCCCCc2ccccc2)cc1. The molecular formula is C23H30O3. The summed E-state index contributed by atoms with van der Waals surface area (Å²) in [4.78, 5) is 10.0. The minimum absolute atomic E-state index is 0.521. The van der Waals surface area contributed by atoms with Crippen molar-refractivity contribution in [3.8, 4) is 5.75 Å². The number of rotatable bonds is 14. The van der Waals surface area contributed by atoms with E-state index in [-0.39, 0.29) is 0 Å². The van der Waals surface area contributed by atoms with Crippen LogP contribution in [0.2, 0.25) is 0 Å². The predicted molar refractivity (Wildman–Crippen MR) is 106 cm³/mol. The number of carbonyl (C=O) groups is 1. The lowest BCUT2D eigenvalue weighted by atomic mass is 10.1. The minimum atomic E-state index is 0.521. The molecule has 0 spiro atoms. The van der Waals surface area contributed by atoms with Gasteiger partial charge in [0.05, 0.1) is 13.2 Å². The van der Waals surface area contributed by atoms with Gasteiger partial charge in [-0.2, -0.15) is 0 Å². The number of hydrogen-bond donors (Lipinski definition) is 0. The molecule has 0 unspecified atom stereocenters. The van der Waals surface area contributed by atoms with Gasteiger partial charge in [0.15, 0.2) is 0 Å². The van der Waals surface area contributed by atoms with E-state index < -0.39 is 0 Å². The van der Waals surface area contributed by atoms with Crippen molar-refractivity contribution in [3.63, 3.8) is 0 Å². The van der Waals surface area contributed by atoms with E-state index in [1.54, 1.807) is 0 Å². The number of unbranched alkanes of at least 4 members (excludes halogenated alkanes) is 4. The molecule has 0 radical (unpaired) electrons. The molecule has 0 atom stereocenters. The van der Waals surface area contributed by atoms with Crippen molar-refractivity contribution in [2.75, 3.05) is 13.2 Å². The molecule has 0 aromatic heterocycles. The number of hydrogen-bond acceptors (Lipinski definition) is 3. The second-order valence-electron chi connectivity index (χ2n) is 6.57. The highest BCUT2D eigenvalue weighted by atomic mass is 16.5.